The van der Waals surface area contributed by atoms with Crippen LogP contribution in [-0.2, 0) is 9.47 Å². The SMILES string of the molecule is CCCCCCCCCOC(CCCCCCCCCCCC/C=C\CCO)OCCCCCCCCC. The fraction of sp³-hybridized carbons (Fsp3) is 0.943. The number of ether oxygens (including phenoxy) is 2. The molecule has 0 spiro atoms. The lowest BCUT2D eigenvalue weighted by atomic mass is 10.0. The Morgan fingerprint density at radius 3 is 1.26 bits per heavy atom. The molecular weight excluding hydrogens is 468 g/mol. The molecule has 0 aliphatic heterocycles. The molecule has 0 saturated heterocycles. The summed E-state index contributed by atoms with van der Waals surface area (Å²) in [6, 6.07) is 0. The number of allylic oxidation sites excluding steroid dienone is 1. The summed E-state index contributed by atoms with van der Waals surface area (Å²) in [6.45, 7) is 6.58. The maximum Gasteiger partial charge on any atom is 0.157 e. The van der Waals surface area contributed by atoms with Crippen LogP contribution in [-0.4, -0.2) is 31.2 Å². The minimum atomic E-state index is 0.0219. The molecule has 0 rings (SSSR count). The molecule has 228 valence electrons. The van der Waals surface area contributed by atoms with Crippen LogP contribution in [0.1, 0.15) is 187 Å². The molecule has 1 N–H and O–H groups in total. The van der Waals surface area contributed by atoms with Crippen molar-refractivity contribution in [2.24, 2.45) is 0 Å². The van der Waals surface area contributed by atoms with Gasteiger partial charge < -0.3 is 14.6 Å². The molecule has 0 heterocycles. The van der Waals surface area contributed by atoms with E-state index in [0.717, 1.165) is 26.1 Å². The topological polar surface area (TPSA) is 38.7 Å². The summed E-state index contributed by atoms with van der Waals surface area (Å²) in [4.78, 5) is 0. The predicted molar refractivity (Wildman–Crippen MR) is 168 cm³/mol. The highest BCUT2D eigenvalue weighted by Gasteiger charge is 2.09. The first-order chi connectivity index (χ1) is 18.8. The van der Waals surface area contributed by atoms with E-state index < -0.39 is 0 Å². The summed E-state index contributed by atoms with van der Waals surface area (Å²) in [5.41, 5.74) is 0. The Labute approximate surface area is 239 Å². The molecule has 0 aliphatic rings. The lowest BCUT2D eigenvalue weighted by Crippen LogP contribution is -2.19. The second-order valence-corrected chi connectivity index (χ2v) is 11.5. The summed E-state index contributed by atoms with van der Waals surface area (Å²) in [5.74, 6) is 0. The fourth-order valence-electron chi connectivity index (χ4n) is 5.06. The van der Waals surface area contributed by atoms with Crippen molar-refractivity contribution in [3.05, 3.63) is 12.2 Å². The van der Waals surface area contributed by atoms with Crippen molar-refractivity contribution in [1.82, 2.24) is 0 Å². The molecule has 0 aromatic carbocycles. The summed E-state index contributed by atoms with van der Waals surface area (Å²) in [5, 5.41) is 8.77. The van der Waals surface area contributed by atoms with Crippen molar-refractivity contribution < 1.29 is 14.6 Å². The Morgan fingerprint density at radius 1 is 0.447 bits per heavy atom. The minimum Gasteiger partial charge on any atom is -0.396 e. The molecule has 0 fully saturated rings. The molecule has 0 unspecified atom stereocenters. The lowest BCUT2D eigenvalue weighted by molar-refractivity contribution is -0.148. The van der Waals surface area contributed by atoms with Crippen LogP contribution < -0.4 is 0 Å². The number of hydrogen-bond acceptors (Lipinski definition) is 3. The van der Waals surface area contributed by atoms with E-state index in [1.165, 1.54) is 161 Å². The zero-order chi connectivity index (χ0) is 27.6. The lowest BCUT2D eigenvalue weighted by Gasteiger charge is -2.19. The third kappa shape index (κ3) is 31.8. The standard InChI is InChI=1S/C35H70O3/c1-3-5-7-9-21-25-29-33-37-35(38-34-30-26-22-10-8-6-4-2)31-27-23-19-17-15-13-11-12-14-16-18-20-24-28-32-36/h20,24,35-36H,3-19,21-23,25-34H2,1-2H3/b24-20-. The highest BCUT2D eigenvalue weighted by atomic mass is 16.7. The molecule has 0 radical (unpaired) electrons. The van der Waals surface area contributed by atoms with Gasteiger partial charge in [0, 0.05) is 19.8 Å². The van der Waals surface area contributed by atoms with E-state index in [2.05, 4.69) is 26.0 Å². The van der Waals surface area contributed by atoms with E-state index in [9.17, 15) is 0 Å². The molecule has 0 aliphatic carbocycles. The van der Waals surface area contributed by atoms with E-state index in [0.29, 0.717) is 0 Å². The first kappa shape index (κ1) is 37.6. The zero-order valence-corrected chi connectivity index (χ0v) is 26.2. The predicted octanol–water partition coefficient (Wildman–Crippen LogP) is 11.5. The van der Waals surface area contributed by atoms with E-state index in [-0.39, 0.29) is 12.9 Å². The van der Waals surface area contributed by atoms with Crippen LogP contribution in [0.5, 0.6) is 0 Å². The summed E-state index contributed by atoms with van der Waals surface area (Å²) in [6.07, 6.45) is 39.6. The van der Waals surface area contributed by atoms with Gasteiger partial charge in [-0.05, 0) is 44.9 Å². The largest absolute Gasteiger partial charge is 0.396 e. The average molecular weight is 539 g/mol. The van der Waals surface area contributed by atoms with Crippen LogP contribution in [0.2, 0.25) is 0 Å². The molecule has 0 atom stereocenters. The molecule has 38 heavy (non-hydrogen) atoms. The molecule has 0 bridgehead atoms. The van der Waals surface area contributed by atoms with Gasteiger partial charge in [-0.15, -0.1) is 0 Å². The maximum atomic E-state index is 8.77. The van der Waals surface area contributed by atoms with Crippen molar-refractivity contribution in [3.8, 4) is 0 Å². The second kappa shape index (κ2) is 34.6. The second-order valence-electron chi connectivity index (χ2n) is 11.5. The van der Waals surface area contributed by atoms with E-state index in [4.69, 9.17) is 14.6 Å². The van der Waals surface area contributed by atoms with Crippen LogP contribution in [0.4, 0.5) is 0 Å². The van der Waals surface area contributed by atoms with Gasteiger partial charge in [-0.3, -0.25) is 0 Å². The molecular formula is C35H70O3. The highest BCUT2D eigenvalue weighted by Crippen LogP contribution is 2.16. The Balaban J connectivity index is 3.79. The van der Waals surface area contributed by atoms with Crippen LogP contribution in [0, 0.1) is 0 Å². The number of aliphatic hydroxyl groups is 1. The molecule has 3 heteroatoms. The maximum absolute atomic E-state index is 8.77. The first-order valence-corrected chi connectivity index (χ1v) is 17.3. The molecule has 0 saturated carbocycles. The summed E-state index contributed by atoms with van der Waals surface area (Å²) in [7, 11) is 0. The van der Waals surface area contributed by atoms with Gasteiger partial charge in [0.25, 0.3) is 0 Å². The number of rotatable bonds is 33. The van der Waals surface area contributed by atoms with Crippen LogP contribution >= 0.6 is 0 Å². The van der Waals surface area contributed by atoms with Crippen molar-refractivity contribution >= 4 is 0 Å². The Hall–Kier alpha value is -0.380. The van der Waals surface area contributed by atoms with Gasteiger partial charge in [-0.1, -0.05) is 154 Å². The van der Waals surface area contributed by atoms with Crippen molar-refractivity contribution in [1.29, 1.82) is 0 Å². The molecule has 3 nitrogen and oxygen atoms in total. The van der Waals surface area contributed by atoms with Crippen LogP contribution in [0.3, 0.4) is 0 Å². The number of hydrogen-bond donors (Lipinski definition) is 1. The van der Waals surface area contributed by atoms with Crippen molar-refractivity contribution in [2.45, 2.75) is 193 Å². The Kier molecular flexibility index (Phi) is 34.3. The van der Waals surface area contributed by atoms with Gasteiger partial charge in [-0.25, -0.2) is 0 Å². The van der Waals surface area contributed by atoms with E-state index in [1.807, 2.05) is 0 Å². The van der Waals surface area contributed by atoms with E-state index in [1.54, 1.807) is 0 Å². The molecule has 0 aromatic heterocycles. The minimum absolute atomic E-state index is 0.0219. The van der Waals surface area contributed by atoms with Crippen molar-refractivity contribution in [2.75, 3.05) is 19.8 Å². The summed E-state index contributed by atoms with van der Waals surface area (Å²) < 4.78 is 12.4. The highest BCUT2D eigenvalue weighted by molar-refractivity contribution is 4.80. The van der Waals surface area contributed by atoms with Gasteiger partial charge in [0.1, 0.15) is 0 Å². The van der Waals surface area contributed by atoms with Crippen LogP contribution in [0.25, 0.3) is 0 Å². The first-order valence-electron chi connectivity index (χ1n) is 17.3. The third-order valence-electron chi connectivity index (χ3n) is 7.63. The van der Waals surface area contributed by atoms with Gasteiger partial charge in [0.15, 0.2) is 6.29 Å². The normalized spacial score (nSPS) is 11.9. The van der Waals surface area contributed by atoms with Gasteiger partial charge in [0.05, 0.1) is 0 Å². The quantitative estimate of drug-likeness (QED) is 0.0513. The number of unbranched alkanes of at least 4 members (excludes halogenated alkanes) is 22. The van der Waals surface area contributed by atoms with Gasteiger partial charge >= 0.3 is 0 Å². The third-order valence-corrected chi connectivity index (χ3v) is 7.63. The van der Waals surface area contributed by atoms with Gasteiger partial charge in [-0.2, -0.15) is 0 Å². The van der Waals surface area contributed by atoms with Crippen molar-refractivity contribution in [3.63, 3.8) is 0 Å². The monoisotopic (exact) mass is 539 g/mol. The summed E-state index contributed by atoms with van der Waals surface area (Å²) >= 11 is 0. The smallest absolute Gasteiger partial charge is 0.157 e. The zero-order valence-electron chi connectivity index (χ0n) is 26.2. The average Bonchev–Trinajstić information content (AvgIpc) is 2.93. The Bertz CT molecular complexity index is 417. The van der Waals surface area contributed by atoms with E-state index >= 15 is 0 Å². The van der Waals surface area contributed by atoms with Crippen LogP contribution in [0.15, 0.2) is 12.2 Å². The number of aliphatic hydroxyl groups excluding tert-OH is 1. The molecule has 0 aromatic rings. The Morgan fingerprint density at radius 2 is 0.816 bits per heavy atom. The van der Waals surface area contributed by atoms with Gasteiger partial charge in [0.2, 0.25) is 0 Å². The molecule has 0 amide bonds. The fourth-order valence-corrected chi connectivity index (χ4v) is 5.06.